The highest BCUT2D eigenvalue weighted by Crippen LogP contribution is 2.19. The maximum absolute atomic E-state index is 13.3. The first-order chi connectivity index (χ1) is 11.2. The zero-order chi connectivity index (χ0) is 17.7. The third-order valence-electron chi connectivity index (χ3n) is 3.26. The van der Waals surface area contributed by atoms with E-state index in [9.17, 15) is 17.6 Å². The molecule has 0 aliphatic rings. The van der Waals surface area contributed by atoms with Crippen molar-refractivity contribution >= 4 is 21.4 Å². The Labute approximate surface area is 140 Å². The second-order valence-electron chi connectivity index (χ2n) is 5.42. The number of halogens is 1. The molecule has 7 heteroatoms. The molecule has 0 fully saturated rings. The van der Waals surface area contributed by atoms with Gasteiger partial charge in [-0.05, 0) is 36.8 Å². The predicted molar refractivity (Wildman–Crippen MR) is 90.7 cm³/mol. The molecular weight excluding hydrogens is 333 g/mol. The van der Waals surface area contributed by atoms with E-state index in [0.29, 0.717) is 17.0 Å². The van der Waals surface area contributed by atoms with Gasteiger partial charge < -0.3 is 10.1 Å². The van der Waals surface area contributed by atoms with Gasteiger partial charge in [0.15, 0.2) is 9.84 Å². The number of carbonyl (C=O) groups excluding carboxylic acids is 1. The largest absolute Gasteiger partial charge is 0.492 e. The van der Waals surface area contributed by atoms with Gasteiger partial charge in [-0.15, -0.1) is 0 Å². The minimum atomic E-state index is -3.10. The van der Waals surface area contributed by atoms with Crippen LogP contribution in [0.2, 0.25) is 0 Å². The number of rotatable bonds is 6. The lowest BCUT2D eigenvalue weighted by Gasteiger charge is -2.10. The van der Waals surface area contributed by atoms with E-state index in [1.807, 2.05) is 0 Å². The van der Waals surface area contributed by atoms with E-state index in [-0.39, 0.29) is 17.9 Å². The van der Waals surface area contributed by atoms with Gasteiger partial charge in [-0.2, -0.15) is 0 Å². The monoisotopic (exact) mass is 351 g/mol. The van der Waals surface area contributed by atoms with Crippen molar-refractivity contribution in [1.29, 1.82) is 0 Å². The zero-order valence-electron chi connectivity index (χ0n) is 13.4. The molecule has 0 saturated carbocycles. The molecule has 24 heavy (non-hydrogen) atoms. The Morgan fingerprint density at radius 2 is 1.96 bits per heavy atom. The fourth-order valence-electron chi connectivity index (χ4n) is 2.01. The van der Waals surface area contributed by atoms with Crippen molar-refractivity contribution in [2.45, 2.75) is 6.92 Å². The van der Waals surface area contributed by atoms with Crippen LogP contribution in [0.4, 0.5) is 10.1 Å². The van der Waals surface area contributed by atoms with Gasteiger partial charge >= 0.3 is 0 Å². The maximum Gasteiger partial charge on any atom is 0.256 e. The van der Waals surface area contributed by atoms with Crippen LogP contribution in [-0.2, 0) is 9.84 Å². The molecule has 0 heterocycles. The minimum absolute atomic E-state index is 0.0270. The first kappa shape index (κ1) is 17.9. The van der Waals surface area contributed by atoms with Crippen LogP contribution < -0.4 is 10.1 Å². The van der Waals surface area contributed by atoms with E-state index in [4.69, 9.17) is 4.74 Å². The number of amides is 1. The summed E-state index contributed by atoms with van der Waals surface area (Å²) in [5.41, 5.74) is 1.38. The highest BCUT2D eigenvalue weighted by Gasteiger charge is 2.11. The number of hydrogen-bond donors (Lipinski definition) is 1. The van der Waals surface area contributed by atoms with Crippen LogP contribution in [0.3, 0.4) is 0 Å². The van der Waals surface area contributed by atoms with Crippen LogP contribution in [0.25, 0.3) is 0 Å². The summed E-state index contributed by atoms with van der Waals surface area (Å²) < 4.78 is 40.8. The fourth-order valence-corrected chi connectivity index (χ4v) is 2.40. The third kappa shape index (κ3) is 5.34. The molecule has 0 aliphatic heterocycles. The number of aryl methyl sites for hydroxylation is 1. The van der Waals surface area contributed by atoms with E-state index in [1.54, 1.807) is 31.2 Å². The molecule has 1 N–H and O–H groups in total. The van der Waals surface area contributed by atoms with Crippen LogP contribution in [-0.4, -0.2) is 32.9 Å². The van der Waals surface area contributed by atoms with Gasteiger partial charge in [-0.1, -0.05) is 12.1 Å². The first-order valence-corrected chi connectivity index (χ1v) is 9.29. The number of sulfone groups is 1. The van der Waals surface area contributed by atoms with Gasteiger partial charge in [-0.3, -0.25) is 4.79 Å². The second kappa shape index (κ2) is 7.44. The lowest BCUT2D eigenvalue weighted by molar-refractivity contribution is 0.102. The van der Waals surface area contributed by atoms with Crippen molar-refractivity contribution in [1.82, 2.24) is 0 Å². The molecule has 0 saturated heterocycles. The van der Waals surface area contributed by atoms with E-state index in [2.05, 4.69) is 5.32 Å². The summed E-state index contributed by atoms with van der Waals surface area (Å²) in [5.74, 6) is -0.567. The Bertz CT molecular complexity index is 849. The second-order valence-corrected chi connectivity index (χ2v) is 7.68. The molecule has 0 radical (unpaired) electrons. The lowest BCUT2D eigenvalue weighted by Crippen LogP contribution is -2.14. The molecule has 2 aromatic carbocycles. The Hall–Kier alpha value is -2.41. The predicted octanol–water partition coefficient (Wildman–Crippen LogP) is 2.81. The number of nitrogens with one attached hydrogen (secondary N) is 1. The van der Waals surface area contributed by atoms with Crippen LogP contribution in [0.15, 0.2) is 42.5 Å². The Morgan fingerprint density at radius 3 is 2.67 bits per heavy atom. The molecule has 0 aromatic heterocycles. The molecule has 2 aromatic rings. The lowest BCUT2D eigenvalue weighted by atomic mass is 10.1. The molecule has 5 nitrogen and oxygen atoms in total. The highest BCUT2D eigenvalue weighted by molar-refractivity contribution is 7.90. The van der Waals surface area contributed by atoms with Crippen molar-refractivity contribution in [3.05, 3.63) is 59.4 Å². The normalized spacial score (nSPS) is 11.1. The fraction of sp³-hybridized carbons (Fsp3) is 0.235. The van der Waals surface area contributed by atoms with Crippen LogP contribution in [0.5, 0.6) is 5.75 Å². The number of ether oxygens (including phenoxy) is 1. The highest BCUT2D eigenvalue weighted by atomic mass is 32.2. The summed E-state index contributed by atoms with van der Waals surface area (Å²) in [4.78, 5) is 12.2. The van der Waals surface area contributed by atoms with Crippen molar-refractivity contribution < 1.29 is 22.3 Å². The molecule has 0 atom stereocenters. The zero-order valence-corrected chi connectivity index (χ0v) is 14.2. The molecule has 0 aliphatic carbocycles. The molecule has 0 bridgehead atoms. The molecule has 0 unspecified atom stereocenters. The average Bonchev–Trinajstić information content (AvgIpc) is 2.49. The first-order valence-electron chi connectivity index (χ1n) is 7.23. The smallest absolute Gasteiger partial charge is 0.256 e. The van der Waals surface area contributed by atoms with Crippen molar-refractivity contribution in [2.24, 2.45) is 0 Å². The molecule has 2 rings (SSSR count). The van der Waals surface area contributed by atoms with Gasteiger partial charge in [0.05, 0.1) is 5.75 Å². The number of benzene rings is 2. The van der Waals surface area contributed by atoms with Crippen LogP contribution in [0, 0.1) is 12.7 Å². The van der Waals surface area contributed by atoms with Gasteiger partial charge in [0.2, 0.25) is 0 Å². The van der Waals surface area contributed by atoms with Crippen LogP contribution in [0.1, 0.15) is 15.9 Å². The van der Waals surface area contributed by atoms with Crippen LogP contribution >= 0.6 is 0 Å². The van der Waals surface area contributed by atoms with Crippen molar-refractivity contribution in [3.63, 3.8) is 0 Å². The minimum Gasteiger partial charge on any atom is -0.492 e. The Kier molecular flexibility index (Phi) is 5.56. The number of anilines is 1. The molecular formula is C17H18FNO4S. The van der Waals surface area contributed by atoms with E-state index >= 15 is 0 Å². The van der Waals surface area contributed by atoms with E-state index in [0.717, 1.165) is 6.26 Å². The third-order valence-corrected chi connectivity index (χ3v) is 4.17. The molecule has 1 amide bonds. The topological polar surface area (TPSA) is 72.5 Å². The SMILES string of the molecule is Cc1ccc(F)cc1C(=O)Nc1cccc(OCCS(C)(=O)=O)c1. The maximum atomic E-state index is 13.3. The standard InChI is InChI=1S/C17H18FNO4S/c1-12-6-7-13(18)10-16(12)17(20)19-14-4-3-5-15(11-14)23-8-9-24(2,21)22/h3-7,10-11H,8-9H2,1-2H3,(H,19,20). The van der Waals surface area contributed by atoms with Gasteiger partial charge in [0, 0.05) is 23.6 Å². The summed E-state index contributed by atoms with van der Waals surface area (Å²) in [6, 6.07) is 10.6. The van der Waals surface area contributed by atoms with Gasteiger partial charge in [0.25, 0.3) is 5.91 Å². The van der Waals surface area contributed by atoms with Crippen molar-refractivity contribution in [2.75, 3.05) is 23.9 Å². The summed E-state index contributed by atoms with van der Waals surface area (Å²) in [6.07, 6.45) is 1.13. The quantitative estimate of drug-likeness (QED) is 0.869. The summed E-state index contributed by atoms with van der Waals surface area (Å²) in [5, 5.41) is 2.67. The number of hydrogen-bond acceptors (Lipinski definition) is 4. The Balaban J connectivity index is 2.06. The van der Waals surface area contributed by atoms with Gasteiger partial charge in [-0.25, -0.2) is 12.8 Å². The summed E-state index contributed by atoms with van der Waals surface area (Å²) in [7, 11) is -3.10. The molecule has 0 spiro atoms. The Morgan fingerprint density at radius 1 is 1.21 bits per heavy atom. The summed E-state index contributed by atoms with van der Waals surface area (Å²) in [6.45, 7) is 1.75. The number of carbonyl (C=O) groups is 1. The van der Waals surface area contributed by atoms with Gasteiger partial charge in [0.1, 0.15) is 18.2 Å². The average molecular weight is 351 g/mol. The van der Waals surface area contributed by atoms with E-state index < -0.39 is 21.6 Å². The van der Waals surface area contributed by atoms with Crippen molar-refractivity contribution in [3.8, 4) is 5.75 Å². The summed E-state index contributed by atoms with van der Waals surface area (Å²) >= 11 is 0. The molecule has 128 valence electrons. The van der Waals surface area contributed by atoms with E-state index in [1.165, 1.54) is 18.2 Å².